The van der Waals surface area contributed by atoms with Crippen molar-refractivity contribution < 1.29 is 32.2 Å². The van der Waals surface area contributed by atoms with Gasteiger partial charge in [-0.25, -0.2) is 8.42 Å². The van der Waals surface area contributed by atoms with Gasteiger partial charge in [0.2, 0.25) is 28.6 Å². The van der Waals surface area contributed by atoms with E-state index in [1.54, 1.807) is 44.4 Å². The molecule has 1 aliphatic rings. The summed E-state index contributed by atoms with van der Waals surface area (Å²) in [6.45, 7) is 6.62. The third-order valence-corrected chi connectivity index (χ3v) is 8.02. The molecule has 10 nitrogen and oxygen atoms in total. The third-order valence-electron chi connectivity index (χ3n) is 6.28. The van der Waals surface area contributed by atoms with Gasteiger partial charge in [-0.15, -0.1) is 0 Å². The summed E-state index contributed by atoms with van der Waals surface area (Å²) in [5, 5.41) is 2.91. The van der Waals surface area contributed by atoms with E-state index in [0.717, 1.165) is 16.3 Å². The molecule has 3 rings (SSSR count). The quantitative estimate of drug-likeness (QED) is 0.446. The Morgan fingerprint density at radius 3 is 2.49 bits per heavy atom. The Labute approximate surface area is 218 Å². The molecule has 0 fully saturated rings. The monoisotopic (exact) mass is 533 g/mol. The van der Waals surface area contributed by atoms with Crippen molar-refractivity contribution in [3.63, 3.8) is 0 Å². The molecule has 1 heterocycles. The standard InChI is InChI=1S/C26H35N3O7S/c1-6-18(3)27-26(31)19(4)28(15-20-9-8-10-22(13-20)34-5)25(30)16-29(37(32,33)7-2)21-11-12-23-24(14-21)36-17-35-23/h8-14,18-19H,6-7,15-17H2,1-5H3,(H,27,31)/t18-,19-/m1/s1. The average Bonchev–Trinajstić information content (AvgIpc) is 3.37. The van der Waals surface area contributed by atoms with Crippen LogP contribution < -0.4 is 23.8 Å². The van der Waals surface area contributed by atoms with E-state index in [1.165, 1.54) is 17.9 Å². The Morgan fingerprint density at radius 1 is 1.08 bits per heavy atom. The van der Waals surface area contributed by atoms with E-state index in [2.05, 4.69) is 5.32 Å². The summed E-state index contributed by atoms with van der Waals surface area (Å²) in [4.78, 5) is 28.1. The second-order valence-corrected chi connectivity index (χ2v) is 11.0. The highest BCUT2D eigenvalue weighted by molar-refractivity contribution is 7.92. The first kappa shape index (κ1) is 28.1. The molecule has 0 unspecified atom stereocenters. The highest BCUT2D eigenvalue weighted by atomic mass is 32.2. The molecular weight excluding hydrogens is 498 g/mol. The maximum atomic E-state index is 13.7. The number of fused-ring (bicyclic) bond motifs is 1. The lowest BCUT2D eigenvalue weighted by atomic mass is 10.1. The van der Waals surface area contributed by atoms with Crippen molar-refractivity contribution >= 4 is 27.5 Å². The predicted molar refractivity (Wildman–Crippen MR) is 140 cm³/mol. The van der Waals surface area contributed by atoms with E-state index < -0.39 is 28.5 Å². The zero-order valence-electron chi connectivity index (χ0n) is 21.9. The van der Waals surface area contributed by atoms with Gasteiger partial charge < -0.3 is 24.4 Å². The molecule has 1 aliphatic heterocycles. The highest BCUT2D eigenvalue weighted by Gasteiger charge is 2.32. The van der Waals surface area contributed by atoms with Gasteiger partial charge >= 0.3 is 0 Å². The maximum absolute atomic E-state index is 13.7. The number of benzene rings is 2. The summed E-state index contributed by atoms with van der Waals surface area (Å²) in [5.74, 6) is 0.448. The van der Waals surface area contributed by atoms with Crippen molar-refractivity contribution in [1.82, 2.24) is 10.2 Å². The van der Waals surface area contributed by atoms with Gasteiger partial charge in [-0.2, -0.15) is 0 Å². The van der Waals surface area contributed by atoms with Crippen LogP contribution >= 0.6 is 0 Å². The van der Waals surface area contributed by atoms with Crippen LogP contribution in [-0.2, 0) is 26.2 Å². The molecule has 202 valence electrons. The van der Waals surface area contributed by atoms with Crippen LogP contribution in [0, 0.1) is 0 Å². The topological polar surface area (TPSA) is 114 Å². The lowest BCUT2D eigenvalue weighted by Gasteiger charge is -2.32. The Hall–Kier alpha value is -3.47. The SMILES string of the molecule is CC[C@@H](C)NC(=O)[C@@H](C)N(Cc1cccc(OC)c1)C(=O)CN(c1ccc2c(c1)OCO2)S(=O)(=O)CC. The largest absolute Gasteiger partial charge is 0.497 e. The molecule has 0 saturated heterocycles. The molecule has 0 saturated carbocycles. The number of nitrogens with one attached hydrogen (secondary N) is 1. The van der Waals surface area contributed by atoms with Gasteiger partial charge in [-0.1, -0.05) is 19.1 Å². The van der Waals surface area contributed by atoms with Crippen LogP contribution in [0.3, 0.4) is 0 Å². The smallest absolute Gasteiger partial charge is 0.244 e. The summed E-state index contributed by atoms with van der Waals surface area (Å²) in [7, 11) is -2.30. The fourth-order valence-electron chi connectivity index (χ4n) is 3.78. The number of rotatable bonds is 12. The molecule has 2 atom stereocenters. The molecule has 11 heteroatoms. The molecule has 1 N–H and O–H groups in total. The Balaban J connectivity index is 1.94. The Bertz CT molecular complexity index is 1220. The van der Waals surface area contributed by atoms with Gasteiger partial charge in [-0.05, 0) is 57.0 Å². The minimum Gasteiger partial charge on any atom is -0.497 e. The minimum absolute atomic E-state index is 0.0371. The molecule has 0 spiro atoms. The number of methoxy groups -OCH3 is 1. The summed E-state index contributed by atoms with van der Waals surface area (Å²) in [5.41, 5.74) is 1.02. The number of amides is 2. The summed E-state index contributed by atoms with van der Waals surface area (Å²) < 4.78 is 43.2. The van der Waals surface area contributed by atoms with Crippen molar-refractivity contribution in [3.05, 3.63) is 48.0 Å². The summed E-state index contributed by atoms with van der Waals surface area (Å²) in [6.07, 6.45) is 0.731. The normalized spacial score (nSPS) is 14.0. The van der Waals surface area contributed by atoms with E-state index in [4.69, 9.17) is 14.2 Å². The number of carbonyl (C=O) groups is 2. The third kappa shape index (κ3) is 6.85. The van der Waals surface area contributed by atoms with Crippen LogP contribution in [-0.4, -0.2) is 63.4 Å². The predicted octanol–water partition coefficient (Wildman–Crippen LogP) is 2.91. The minimum atomic E-state index is -3.84. The van der Waals surface area contributed by atoms with E-state index >= 15 is 0 Å². The van der Waals surface area contributed by atoms with E-state index in [0.29, 0.717) is 17.2 Å². The number of ether oxygens (including phenoxy) is 3. The molecule has 2 aromatic rings. The number of anilines is 1. The van der Waals surface area contributed by atoms with Gasteiger partial charge in [0.25, 0.3) is 0 Å². The van der Waals surface area contributed by atoms with Gasteiger partial charge in [-0.3, -0.25) is 13.9 Å². The molecule has 2 amide bonds. The van der Waals surface area contributed by atoms with Crippen LogP contribution in [0.1, 0.15) is 39.7 Å². The zero-order valence-corrected chi connectivity index (χ0v) is 22.7. The van der Waals surface area contributed by atoms with Crippen LogP contribution in [0.25, 0.3) is 0 Å². The van der Waals surface area contributed by atoms with Crippen molar-refractivity contribution in [2.24, 2.45) is 0 Å². The first-order valence-corrected chi connectivity index (χ1v) is 13.8. The summed E-state index contributed by atoms with van der Waals surface area (Å²) >= 11 is 0. The molecule has 37 heavy (non-hydrogen) atoms. The van der Waals surface area contributed by atoms with Crippen molar-refractivity contribution in [3.8, 4) is 17.2 Å². The number of sulfonamides is 1. The van der Waals surface area contributed by atoms with Crippen LogP contribution in [0.4, 0.5) is 5.69 Å². The van der Waals surface area contributed by atoms with Gasteiger partial charge in [0.05, 0.1) is 18.6 Å². The van der Waals surface area contributed by atoms with E-state index in [-0.39, 0.29) is 36.7 Å². The second-order valence-electron chi connectivity index (χ2n) is 8.81. The second kappa shape index (κ2) is 12.2. The molecule has 2 aromatic carbocycles. The van der Waals surface area contributed by atoms with Gasteiger partial charge in [0, 0.05) is 18.7 Å². The van der Waals surface area contributed by atoms with Crippen molar-refractivity contribution in [2.45, 2.75) is 52.7 Å². The highest BCUT2D eigenvalue weighted by Crippen LogP contribution is 2.36. The fourth-order valence-corrected chi connectivity index (χ4v) is 4.83. The molecule has 0 radical (unpaired) electrons. The molecule has 0 bridgehead atoms. The molecular formula is C26H35N3O7S. The van der Waals surface area contributed by atoms with E-state index in [1.807, 2.05) is 19.9 Å². The Kier molecular flexibility index (Phi) is 9.25. The van der Waals surface area contributed by atoms with Crippen LogP contribution in [0.5, 0.6) is 17.2 Å². The lowest BCUT2D eigenvalue weighted by molar-refractivity contribution is -0.139. The molecule has 0 aliphatic carbocycles. The lowest BCUT2D eigenvalue weighted by Crippen LogP contribution is -2.52. The Morgan fingerprint density at radius 2 is 1.81 bits per heavy atom. The average molecular weight is 534 g/mol. The number of carbonyl (C=O) groups excluding carboxylic acids is 2. The number of nitrogens with zero attached hydrogens (tertiary/aromatic N) is 2. The van der Waals surface area contributed by atoms with Crippen LogP contribution in [0.15, 0.2) is 42.5 Å². The fraction of sp³-hybridized carbons (Fsp3) is 0.462. The first-order valence-electron chi connectivity index (χ1n) is 12.2. The number of hydrogen-bond donors (Lipinski definition) is 1. The maximum Gasteiger partial charge on any atom is 0.244 e. The number of hydrogen-bond acceptors (Lipinski definition) is 7. The zero-order chi connectivity index (χ0) is 27.2. The summed E-state index contributed by atoms with van der Waals surface area (Å²) in [6, 6.07) is 11.0. The van der Waals surface area contributed by atoms with E-state index in [9.17, 15) is 18.0 Å². The molecule has 0 aromatic heterocycles. The van der Waals surface area contributed by atoms with Crippen LogP contribution in [0.2, 0.25) is 0 Å². The van der Waals surface area contributed by atoms with Crippen molar-refractivity contribution in [1.29, 1.82) is 0 Å². The van der Waals surface area contributed by atoms with Crippen molar-refractivity contribution in [2.75, 3.05) is 30.5 Å². The van der Waals surface area contributed by atoms with Gasteiger partial charge in [0.15, 0.2) is 11.5 Å². The first-order chi connectivity index (χ1) is 17.6. The van der Waals surface area contributed by atoms with Gasteiger partial charge in [0.1, 0.15) is 18.3 Å².